The monoisotopic (exact) mass is 193 g/mol. The Kier molecular flexibility index (Phi) is 2.64. The normalized spacial score (nSPS) is 26.1. The Morgan fingerprint density at radius 1 is 1.57 bits per heavy atom. The van der Waals surface area contributed by atoms with Crippen LogP contribution in [-0.4, -0.2) is 6.54 Å². The highest BCUT2D eigenvalue weighted by Gasteiger charge is 2.33. The molecule has 0 aliphatic carbocycles. The standard InChI is InChI=1S/C12H19NO/c1-3-4-7-12(2)11-10(5-8-13-12)6-9-14-11/h6,9,13H,3-5,7-8H2,1-2H3. The minimum absolute atomic E-state index is 0.0765. The van der Waals surface area contributed by atoms with Crippen molar-refractivity contribution in [1.29, 1.82) is 0 Å². The summed E-state index contributed by atoms with van der Waals surface area (Å²) < 4.78 is 5.61. The van der Waals surface area contributed by atoms with Crippen molar-refractivity contribution in [3.8, 4) is 0 Å². The molecule has 0 radical (unpaired) electrons. The number of furan rings is 1. The molecule has 2 heterocycles. The maximum Gasteiger partial charge on any atom is 0.126 e. The number of unbranched alkanes of at least 4 members (excludes halogenated alkanes) is 1. The van der Waals surface area contributed by atoms with Gasteiger partial charge >= 0.3 is 0 Å². The average molecular weight is 193 g/mol. The highest BCUT2D eigenvalue weighted by atomic mass is 16.3. The maximum absolute atomic E-state index is 5.61. The van der Waals surface area contributed by atoms with E-state index in [9.17, 15) is 0 Å². The first-order chi connectivity index (χ1) is 6.76. The van der Waals surface area contributed by atoms with E-state index < -0.39 is 0 Å². The SMILES string of the molecule is CCCCC1(C)NCCc2ccoc21. The zero-order valence-corrected chi connectivity index (χ0v) is 9.10. The van der Waals surface area contributed by atoms with E-state index in [1.54, 1.807) is 0 Å². The van der Waals surface area contributed by atoms with Gasteiger partial charge < -0.3 is 9.73 Å². The molecule has 1 aromatic heterocycles. The maximum atomic E-state index is 5.61. The van der Waals surface area contributed by atoms with E-state index >= 15 is 0 Å². The van der Waals surface area contributed by atoms with Crippen LogP contribution in [-0.2, 0) is 12.0 Å². The van der Waals surface area contributed by atoms with Crippen molar-refractivity contribution in [2.24, 2.45) is 0 Å². The summed E-state index contributed by atoms with van der Waals surface area (Å²) in [5.74, 6) is 1.16. The number of fused-ring (bicyclic) bond motifs is 1. The predicted octanol–water partition coefficient (Wildman–Crippen LogP) is 2.83. The van der Waals surface area contributed by atoms with E-state index in [0.29, 0.717) is 0 Å². The van der Waals surface area contributed by atoms with Crippen LogP contribution in [0.25, 0.3) is 0 Å². The third kappa shape index (κ3) is 1.59. The van der Waals surface area contributed by atoms with Gasteiger partial charge in [-0.2, -0.15) is 0 Å². The molecule has 0 saturated carbocycles. The predicted molar refractivity (Wildman–Crippen MR) is 57.3 cm³/mol. The smallest absolute Gasteiger partial charge is 0.126 e. The van der Waals surface area contributed by atoms with Gasteiger partial charge in [-0.3, -0.25) is 0 Å². The molecule has 1 aliphatic rings. The molecule has 78 valence electrons. The molecule has 0 fully saturated rings. The van der Waals surface area contributed by atoms with E-state index in [-0.39, 0.29) is 5.54 Å². The van der Waals surface area contributed by atoms with Gasteiger partial charge in [0.2, 0.25) is 0 Å². The van der Waals surface area contributed by atoms with Crippen molar-refractivity contribution in [3.05, 3.63) is 23.7 Å². The summed E-state index contributed by atoms with van der Waals surface area (Å²) >= 11 is 0. The summed E-state index contributed by atoms with van der Waals surface area (Å²) in [5, 5.41) is 3.58. The fraction of sp³-hybridized carbons (Fsp3) is 0.667. The van der Waals surface area contributed by atoms with Gasteiger partial charge in [0.15, 0.2) is 0 Å². The van der Waals surface area contributed by atoms with Crippen LogP contribution in [0.1, 0.15) is 44.4 Å². The molecule has 1 atom stereocenters. The van der Waals surface area contributed by atoms with E-state index in [0.717, 1.165) is 18.7 Å². The molecule has 2 rings (SSSR count). The fourth-order valence-electron chi connectivity index (χ4n) is 2.30. The third-order valence-electron chi connectivity index (χ3n) is 3.19. The second-order valence-electron chi connectivity index (χ2n) is 4.39. The van der Waals surface area contributed by atoms with Gasteiger partial charge in [-0.15, -0.1) is 0 Å². The lowest BCUT2D eigenvalue weighted by molar-refractivity contribution is 0.254. The molecule has 1 unspecified atom stereocenters. The second kappa shape index (κ2) is 3.77. The molecule has 0 amide bonds. The number of nitrogens with one attached hydrogen (secondary N) is 1. The molecule has 1 aliphatic heterocycles. The zero-order chi connectivity index (χ0) is 10.0. The van der Waals surface area contributed by atoms with E-state index in [1.165, 1.54) is 24.8 Å². The van der Waals surface area contributed by atoms with Gasteiger partial charge in [0.1, 0.15) is 5.76 Å². The van der Waals surface area contributed by atoms with Gasteiger partial charge in [-0.05, 0) is 31.4 Å². The van der Waals surface area contributed by atoms with Crippen molar-refractivity contribution in [2.45, 2.75) is 45.1 Å². The minimum Gasteiger partial charge on any atom is -0.467 e. The molecule has 0 bridgehead atoms. The summed E-state index contributed by atoms with van der Waals surface area (Å²) in [4.78, 5) is 0. The van der Waals surface area contributed by atoms with Crippen LogP contribution in [0.2, 0.25) is 0 Å². The number of hydrogen-bond acceptors (Lipinski definition) is 2. The Balaban J connectivity index is 2.21. The highest BCUT2D eigenvalue weighted by molar-refractivity contribution is 5.27. The molecule has 1 N–H and O–H groups in total. The molecule has 0 saturated heterocycles. The number of hydrogen-bond donors (Lipinski definition) is 1. The fourth-order valence-corrected chi connectivity index (χ4v) is 2.30. The lowest BCUT2D eigenvalue weighted by atomic mass is 9.86. The largest absolute Gasteiger partial charge is 0.467 e. The van der Waals surface area contributed by atoms with Gasteiger partial charge in [-0.1, -0.05) is 19.8 Å². The zero-order valence-electron chi connectivity index (χ0n) is 9.10. The molecule has 0 spiro atoms. The first kappa shape index (κ1) is 9.78. The van der Waals surface area contributed by atoms with Crippen LogP contribution < -0.4 is 5.32 Å². The van der Waals surface area contributed by atoms with Gasteiger partial charge in [-0.25, -0.2) is 0 Å². The van der Waals surface area contributed by atoms with Gasteiger partial charge in [0.05, 0.1) is 11.8 Å². The average Bonchev–Trinajstić information content (AvgIpc) is 2.65. The van der Waals surface area contributed by atoms with Crippen LogP contribution >= 0.6 is 0 Å². The first-order valence-electron chi connectivity index (χ1n) is 5.58. The summed E-state index contributed by atoms with van der Waals surface area (Å²) in [6, 6.07) is 2.11. The lowest BCUT2D eigenvalue weighted by Gasteiger charge is -2.33. The molecule has 0 aromatic carbocycles. The van der Waals surface area contributed by atoms with Crippen molar-refractivity contribution in [3.63, 3.8) is 0 Å². The summed E-state index contributed by atoms with van der Waals surface area (Å²) in [6.45, 7) is 5.56. The summed E-state index contributed by atoms with van der Waals surface area (Å²) in [7, 11) is 0. The Morgan fingerprint density at radius 2 is 2.43 bits per heavy atom. The van der Waals surface area contributed by atoms with Crippen molar-refractivity contribution >= 4 is 0 Å². The van der Waals surface area contributed by atoms with E-state index in [1.807, 2.05) is 6.26 Å². The molecular formula is C12H19NO. The highest BCUT2D eigenvalue weighted by Crippen LogP contribution is 2.33. The van der Waals surface area contributed by atoms with Crippen molar-refractivity contribution in [2.75, 3.05) is 6.54 Å². The van der Waals surface area contributed by atoms with Crippen LogP contribution in [0.5, 0.6) is 0 Å². The van der Waals surface area contributed by atoms with Gasteiger partial charge in [0.25, 0.3) is 0 Å². The van der Waals surface area contributed by atoms with Crippen LogP contribution in [0, 0.1) is 0 Å². The Morgan fingerprint density at radius 3 is 3.21 bits per heavy atom. The second-order valence-corrected chi connectivity index (χ2v) is 4.39. The van der Waals surface area contributed by atoms with Crippen LogP contribution in [0.4, 0.5) is 0 Å². The van der Waals surface area contributed by atoms with E-state index in [2.05, 4.69) is 25.2 Å². The molecule has 2 nitrogen and oxygen atoms in total. The summed E-state index contributed by atoms with van der Waals surface area (Å²) in [6.07, 6.45) is 6.59. The van der Waals surface area contributed by atoms with Gasteiger partial charge in [0, 0.05) is 6.54 Å². The Bertz CT molecular complexity index is 305. The minimum atomic E-state index is 0.0765. The lowest BCUT2D eigenvalue weighted by Crippen LogP contribution is -2.44. The van der Waals surface area contributed by atoms with Crippen LogP contribution in [0.3, 0.4) is 0 Å². The van der Waals surface area contributed by atoms with Crippen molar-refractivity contribution in [1.82, 2.24) is 5.32 Å². The Labute approximate surface area is 85.7 Å². The topological polar surface area (TPSA) is 25.2 Å². The first-order valence-corrected chi connectivity index (χ1v) is 5.58. The number of rotatable bonds is 3. The molecule has 1 aromatic rings. The van der Waals surface area contributed by atoms with Crippen molar-refractivity contribution < 1.29 is 4.42 Å². The molecule has 14 heavy (non-hydrogen) atoms. The quantitative estimate of drug-likeness (QED) is 0.798. The summed E-state index contributed by atoms with van der Waals surface area (Å²) in [5.41, 5.74) is 1.47. The molecule has 2 heteroatoms. The van der Waals surface area contributed by atoms with E-state index in [4.69, 9.17) is 4.42 Å². The Hall–Kier alpha value is -0.760. The molecular weight excluding hydrogens is 174 g/mol. The third-order valence-corrected chi connectivity index (χ3v) is 3.19. The van der Waals surface area contributed by atoms with Crippen LogP contribution in [0.15, 0.2) is 16.7 Å².